The molecule has 4 heteroatoms. The van der Waals surface area contributed by atoms with Crippen molar-refractivity contribution in [2.75, 3.05) is 13.1 Å². The molecule has 1 atom stereocenters. The topological polar surface area (TPSA) is 58.4 Å². The summed E-state index contributed by atoms with van der Waals surface area (Å²) < 4.78 is 0. The number of carbonyl (C=O) groups is 1. The second-order valence-electron chi connectivity index (χ2n) is 4.12. The maximum atomic E-state index is 11.4. The summed E-state index contributed by atoms with van der Waals surface area (Å²) in [4.78, 5) is 13.6. The highest BCUT2D eigenvalue weighted by Crippen LogP contribution is 2.30. The zero-order valence-electron chi connectivity index (χ0n) is 9.12. The third-order valence-corrected chi connectivity index (χ3v) is 2.77. The molecule has 1 aliphatic rings. The van der Waals surface area contributed by atoms with Crippen LogP contribution in [0, 0.1) is 5.92 Å². The van der Waals surface area contributed by atoms with Gasteiger partial charge in [-0.15, -0.1) is 0 Å². The normalized spacial score (nSPS) is 18.3. The van der Waals surface area contributed by atoms with E-state index in [1.807, 2.05) is 6.92 Å². The first-order chi connectivity index (χ1) is 6.69. The quantitative estimate of drug-likeness (QED) is 0.372. The van der Waals surface area contributed by atoms with E-state index in [4.69, 9.17) is 5.84 Å². The van der Waals surface area contributed by atoms with Crippen LogP contribution in [0.15, 0.2) is 0 Å². The summed E-state index contributed by atoms with van der Waals surface area (Å²) in [7, 11) is 0. The number of hydrazine groups is 1. The second kappa shape index (κ2) is 5.32. The lowest BCUT2D eigenvalue weighted by Crippen LogP contribution is -2.48. The van der Waals surface area contributed by atoms with Crippen molar-refractivity contribution in [2.24, 2.45) is 11.8 Å². The number of nitrogens with zero attached hydrogens (tertiary/aromatic N) is 1. The molecule has 1 amide bonds. The van der Waals surface area contributed by atoms with Crippen molar-refractivity contribution in [2.45, 2.75) is 39.2 Å². The minimum absolute atomic E-state index is 0.0842. The predicted octanol–water partition coefficient (Wildman–Crippen LogP) is 0.487. The Balaban J connectivity index is 2.41. The lowest BCUT2D eigenvalue weighted by atomic mass is 10.2. The van der Waals surface area contributed by atoms with Crippen LogP contribution in [0.4, 0.5) is 0 Å². The fourth-order valence-corrected chi connectivity index (χ4v) is 1.65. The lowest BCUT2D eigenvalue weighted by molar-refractivity contribution is -0.126. The van der Waals surface area contributed by atoms with Crippen molar-refractivity contribution < 1.29 is 4.79 Å². The summed E-state index contributed by atoms with van der Waals surface area (Å²) in [6.07, 6.45) is 3.71. The standard InChI is InChI=1S/C10H21N3O/c1-3-6-13(7-9-4-5-9)8(2)10(14)12-11/h8-9H,3-7,11H2,1-2H3,(H,12,14). The summed E-state index contributed by atoms with van der Waals surface area (Å²) in [5, 5.41) is 0. The van der Waals surface area contributed by atoms with Crippen LogP contribution < -0.4 is 11.3 Å². The van der Waals surface area contributed by atoms with E-state index < -0.39 is 0 Å². The fourth-order valence-electron chi connectivity index (χ4n) is 1.65. The van der Waals surface area contributed by atoms with Crippen molar-refractivity contribution in [1.29, 1.82) is 0 Å². The molecule has 1 unspecified atom stereocenters. The Morgan fingerprint density at radius 1 is 1.64 bits per heavy atom. The third kappa shape index (κ3) is 3.27. The van der Waals surface area contributed by atoms with E-state index in [-0.39, 0.29) is 11.9 Å². The molecule has 1 saturated carbocycles. The Hall–Kier alpha value is -0.610. The molecule has 1 rings (SSSR count). The summed E-state index contributed by atoms with van der Waals surface area (Å²) in [5.41, 5.74) is 2.22. The van der Waals surface area contributed by atoms with Crippen LogP contribution in [0.3, 0.4) is 0 Å². The Morgan fingerprint density at radius 2 is 2.29 bits per heavy atom. The van der Waals surface area contributed by atoms with Gasteiger partial charge in [-0.25, -0.2) is 5.84 Å². The van der Waals surface area contributed by atoms with Crippen LogP contribution in [0.5, 0.6) is 0 Å². The van der Waals surface area contributed by atoms with Gasteiger partial charge in [0.15, 0.2) is 0 Å². The van der Waals surface area contributed by atoms with Crippen LogP contribution in [0.2, 0.25) is 0 Å². The van der Waals surface area contributed by atoms with Crippen molar-refractivity contribution >= 4 is 5.91 Å². The van der Waals surface area contributed by atoms with Crippen molar-refractivity contribution in [3.05, 3.63) is 0 Å². The van der Waals surface area contributed by atoms with Crippen LogP contribution in [-0.4, -0.2) is 29.9 Å². The third-order valence-electron chi connectivity index (χ3n) is 2.77. The lowest BCUT2D eigenvalue weighted by Gasteiger charge is -2.27. The molecule has 0 heterocycles. The number of rotatable bonds is 6. The maximum Gasteiger partial charge on any atom is 0.250 e. The molecule has 0 aliphatic heterocycles. The van der Waals surface area contributed by atoms with E-state index in [2.05, 4.69) is 17.2 Å². The van der Waals surface area contributed by atoms with Gasteiger partial charge in [-0.1, -0.05) is 6.92 Å². The molecular formula is C10H21N3O. The zero-order chi connectivity index (χ0) is 10.6. The highest BCUT2D eigenvalue weighted by molar-refractivity contribution is 5.80. The van der Waals surface area contributed by atoms with Gasteiger partial charge >= 0.3 is 0 Å². The molecule has 3 N–H and O–H groups in total. The highest BCUT2D eigenvalue weighted by atomic mass is 16.2. The number of nitrogens with two attached hydrogens (primary N) is 1. The maximum absolute atomic E-state index is 11.4. The minimum Gasteiger partial charge on any atom is -0.293 e. The first-order valence-electron chi connectivity index (χ1n) is 5.43. The van der Waals surface area contributed by atoms with Crippen LogP contribution in [0.1, 0.15) is 33.1 Å². The van der Waals surface area contributed by atoms with Gasteiger partial charge in [-0.2, -0.15) is 0 Å². The van der Waals surface area contributed by atoms with E-state index in [0.29, 0.717) is 0 Å². The first-order valence-corrected chi connectivity index (χ1v) is 5.43. The van der Waals surface area contributed by atoms with Crippen LogP contribution in [-0.2, 0) is 4.79 Å². The molecule has 0 aromatic rings. The molecule has 0 radical (unpaired) electrons. The van der Waals surface area contributed by atoms with Gasteiger partial charge in [-0.05, 0) is 38.6 Å². The van der Waals surface area contributed by atoms with Crippen molar-refractivity contribution in [3.8, 4) is 0 Å². The van der Waals surface area contributed by atoms with Gasteiger partial charge in [0.2, 0.25) is 0 Å². The van der Waals surface area contributed by atoms with Gasteiger partial charge in [-0.3, -0.25) is 15.1 Å². The molecule has 0 bridgehead atoms. The molecule has 0 aromatic heterocycles. The number of hydrogen-bond acceptors (Lipinski definition) is 3. The van der Waals surface area contributed by atoms with Gasteiger partial charge in [0.25, 0.3) is 5.91 Å². The van der Waals surface area contributed by atoms with Gasteiger partial charge in [0.1, 0.15) is 0 Å². The van der Waals surface area contributed by atoms with E-state index in [9.17, 15) is 4.79 Å². The van der Waals surface area contributed by atoms with Crippen molar-refractivity contribution in [1.82, 2.24) is 10.3 Å². The van der Waals surface area contributed by atoms with E-state index >= 15 is 0 Å². The number of carbonyl (C=O) groups excluding carboxylic acids is 1. The molecule has 1 aliphatic carbocycles. The Bertz CT molecular complexity index is 192. The number of hydrogen-bond donors (Lipinski definition) is 2. The monoisotopic (exact) mass is 199 g/mol. The predicted molar refractivity (Wildman–Crippen MR) is 56.4 cm³/mol. The van der Waals surface area contributed by atoms with Gasteiger partial charge < -0.3 is 0 Å². The number of amides is 1. The van der Waals surface area contributed by atoms with Crippen LogP contribution in [0.25, 0.3) is 0 Å². The zero-order valence-corrected chi connectivity index (χ0v) is 9.12. The molecule has 14 heavy (non-hydrogen) atoms. The molecule has 0 spiro atoms. The van der Waals surface area contributed by atoms with Gasteiger partial charge in [0, 0.05) is 6.54 Å². The highest BCUT2D eigenvalue weighted by Gasteiger charge is 2.28. The largest absolute Gasteiger partial charge is 0.293 e. The van der Waals surface area contributed by atoms with Crippen molar-refractivity contribution in [3.63, 3.8) is 0 Å². The van der Waals surface area contributed by atoms with Crippen LogP contribution >= 0.6 is 0 Å². The van der Waals surface area contributed by atoms with E-state index in [1.165, 1.54) is 12.8 Å². The summed E-state index contributed by atoms with van der Waals surface area (Å²) >= 11 is 0. The average Bonchev–Trinajstić information content (AvgIpc) is 2.98. The average molecular weight is 199 g/mol. The molecule has 0 saturated heterocycles. The number of nitrogens with one attached hydrogen (secondary N) is 1. The molecular weight excluding hydrogens is 178 g/mol. The summed E-state index contributed by atoms with van der Waals surface area (Å²) in [6.45, 7) is 6.07. The minimum atomic E-state index is -0.0967. The summed E-state index contributed by atoms with van der Waals surface area (Å²) in [5.74, 6) is 5.86. The molecule has 0 aromatic carbocycles. The van der Waals surface area contributed by atoms with E-state index in [0.717, 1.165) is 25.4 Å². The molecule has 1 fully saturated rings. The second-order valence-corrected chi connectivity index (χ2v) is 4.12. The Morgan fingerprint density at radius 3 is 2.71 bits per heavy atom. The van der Waals surface area contributed by atoms with E-state index in [1.54, 1.807) is 0 Å². The Labute approximate surface area is 85.8 Å². The SMILES string of the molecule is CCCN(CC1CC1)C(C)C(=O)NN. The summed E-state index contributed by atoms with van der Waals surface area (Å²) in [6, 6.07) is -0.0967. The van der Waals surface area contributed by atoms with Gasteiger partial charge in [0.05, 0.1) is 6.04 Å². The first kappa shape index (κ1) is 11.5. The molecule has 82 valence electrons. The fraction of sp³-hybridized carbons (Fsp3) is 0.900. The smallest absolute Gasteiger partial charge is 0.250 e. The molecule has 4 nitrogen and oxygen atoms in total. The Kier molecular flexibility index (Phi) is 4.35.